The molecule has 0 aliphatic carbocycles. The Morgan fingerprint density at radius 1 is 1.29 bits per heavy atom. The standard InChI is InChI=1S/C12H20O2.C5H10O2/c1-6-12(5,14-11(4)13)9-7-8-10(2)3;1-4(2)3-5(6)7/h6,8H,1,7,9H2,2-5H3;4H,3H2,1-2H3,(H,6,7). The number of carboxylic acids is 1. The van der Waals surface area contributed by atoms with Crippen molar-refractivity contribution in [3.63, 3.8) is 0 Å². The van der Waals surface area contributed by atoms with E-state index in [9.17, 15) is 9.59 Å². The number of rotatable bonds is 7. The van der Waals surface area contributed by atoms with Gasteiger partial charge in [-0.15, -0.1) is 0 Å². The molecule has 122 valence electrons. The van der Waals surface area contributed by atoms with E-state index < -0.39 is 11.6 Å². The maximum Gasteiger partial charge on any atom is 0.303 e. The Balaban J connectivity index is 0. The molecule has 1 atom stereocenters. The lowest BCUT2D eigenvalue weighted by atomic mass is 9.99. The number of carboxylic acid groups (broad SMARTS) is 1. The SMILES string of the molecule is C=CC(C)(CCC=C(C)C)OC(C)=O.CC(C)CC(=O)O. The van der Waals surface area contributed by atoms with Gasteiger partial charge in [-0.25, -0.2) is 0 Å². The van der Waals surface area contributed by atoms with Gasteiger partial charge in [0.15, 0.2) is 0 Å². The summed E-state index contributed by atoms with van der Waals surface area (Å²) in [4.78, 5) is 20.6. The van der Waals surface area contributed by atoms with Crippen LogP contribution in [-0.4, -0.2) is 22.6 Å². The molecule has 0 saturated heterocycles. The zero-order valence-electron chi connectivity index (χ0n) is 14.2. The number of ether oxygens (including phenoxy) is 1. The van der Waals surface area contributed by atoms with E-state index in [4.69, 9.17) is 9.84 Å². The van der Waals surface area contributed by atoms with Gasteiger partial charge >= 0.3 is 11.9 Å². The zero-order chi connectivity index (χ0) is 17.1. The van der Waals surface area contributed by atoms with Crippen molar-refractivity contribution >= 4 is 11.9 Å². The molecule has 4 nitrogen and oxygen atoms in total. The van der Waals surface area contributed by atoms with Crippen LogP contribution in [0.3, 0.4) is 0 Å². The highest BCUT2D eigenvalue weighted by molar-refractivity contribution is 5.67. The van der Waals surface area contributed by atoms with Crippen molar-refractivity contribution in [3.05, 3.63) is 24.3 Å². The van der Waals surface area contributed by atoms with Gasteiger partial charge in [-0.05, 0) is 45.6 Å². The van der Waals surface area contributed by atoms with Gasteiger partial charge < -0.3 is 9.84 Å². The molecule has 0 heterocycles. The minimum absolute atomic E-state index is 0.260. The molecule has 21 heavy (non-hydrogen) atoms. The Labute approximate surface area is 128 Å². The third-order valence-electron chi connectivity index (χ3n) is 2.58. The number of hydrogen-bond donors (Lipinski definition) is 1. The first-order chi connectivity index (χ1) is 9.52. The van der Waals surface area contributed by atoms with Gasteiger partial charge in [0.25, 0.3) is 0 Å². The molecule has 1 N–H and O–H groups in total. The first-order valence-corrected chi connectivity index (χ1v) is 7.20. The minimum Gasteiger partial charge on any atom is -0.481 e. The van der Waals surface area contributed by atoms with Crippen molar-refractivity contribution in [2.24, 2.45) is 5.92 Å². The third-order valence-corrected chi connectivity index (χ3v) is 2.58. The number of allylic oxidation sites excluding steroid dienone is 2. The minimum atomic E-state index is -0.713. The van der Waals surface area contributed by atoms with Crippen LogP contribution in [0.15, 0.2) is 24.3 Å². The largest absolute Gasteiger partial charge is 0.481 e. The van der Waals surface area contributed by atoms with Gasteiger partial charge in [0.05, 0.1) is 0 Å². The van der Waals surface area contributed by atoms with Crippen LogP contribution in [0.2, 0.25) is 0 Å². The summed E-state index contributed by atoms with van der Waals surface area (Å²) < 4.78 is 5.18. The summed E-state index contributed by atoms with van der Waals surface area (Å²) in [6.07, 6.45) is 5.78. The van der Waals surface area contributed by atoms with Crippen molar-refractivity contribution in [1.29, 1.82) is 0 Å². The van der Waals surface area contributed by atoms with Crippen molar-refractivity contribution in [3.8, 4) is 0 Å². The quantitative estimate of drug-likeness (QED) is 0.560. The van der Waals surface area contributed by atoms with Gasteiger partial charge in [-0.2, -0.15) is 0 Å². The normalized spacial score (nSPS) is 12.5. The second kappa shape index (κ2) is 11.1. The molecule has 0 bridgehead atoms. The first-order valence-electron chi connectivity index (χ1n) is 7.20. The van der Waals surface area contributed by atoms with Gasteiger partial charge in [-0.3, -0.25) is 9.59 Å². The van der Waals surface area contributed by atoms with Crippen molar-refractivity contribution in [2.45, 2.75) is 66.4 Å². The van der Waals surface area contributed by atoms with Gasteiger partial charge in [0, 0.05) is 13.3 Å². The number of esters is 1. The molecule has 1 unspecified atom stereocenters. The lowest BCUT2D eigenvalue weighted by molar-refractivity contribution is -0.151. The Kier molecular flexibility index (Phi) is 11.5. The van der Waals surface area contributed by atoms with Crippen molar-refractivity contribution in [1.82, 2.24) is 0 Å². The summed E-state index contributed by atoms with van der Waals surface area (Å²) in [6, 6.07) is 0. The number of aliphatic carboxylic acids is 1. The van der Waals surface area contributed by atoms with Gasteiger partial charge in [0.1, 0.15) is 5.60 Å². The average Bonchev–Trinajstić information content (AvgIpc) is 2.26. The summed E-state index contributed by atoms with van der Waals surface area (Å²) in [6.45, 7) is 14.9. The molecule has 0 aliphatic heterocycles. The van der Waals surface area contributed by atoms with E-state index in [0.717, 1.165) is 12.8 Å². The van der Waals surface area contributed by atoms with Crippen LogP contribution in [0.1, 0.15) is 60.8 Å². The molecule has 0 radical (unpaired) electrons. The summed E-state index contributed by atoms with van der Waals surface area (Å²) in [5.41, 5.74) is 0.747. The van der Waals surface area contributed by atoms with Crippen molar-refractivity contribution < 1.29 is 19.4 Å². The fourth-order valence-electron chi connectivity index (χ4n) is 1.52. The summed E-state index contributed by atoms with van der Waals surface area (Å²) in [5.74, 6) is -0.697. The average molecular weight is 298 g/mol. The summed E-state index contributed by atoms with van der Waals surface area (Å²) in [7, 11) is 0. The number of carbonyl (C=O) groups is 2. The van der Waals surface area contributed by atoms with Crippen LogP contribution in [0.4, 0.5) is 0 Å². The molecular weight excluding hydrogens is 268 g/mol. The van der Waals surface area contributed by atoms with Crippen LogP contribution in [0, 0.1) is 5.92 Å². The van der Waals surface area contributed by atoms with Crippen LogP contribution in [-0.2, 0) is 14.3 Å². The van der Waals surface area contributed by atoms with E-state index in [2.05, 4.69) is 26.5 Å². The van der Waals surface area contributed by atoms with Gasteiger partial charge in [-0.1, -0.05) is 32.1 Å². The molecule has 0 fully saturated rings. The van der Waals surface area contributed by atoms with Crippen LogP contribution in [0.25, 0.3) is 0 Å². The Morgan fingerprint density at radius 2 is 1.81 bits per heavy atom. The molecule has 0 aromatic rings. The molecule has 0 rings (SSSR count). The molecule has 0 saturated carbocycles. The van der Waals surface area contributed by atoms with E-state index >= 15 is 0 Å². The lowest BCUT2D eigenvalue weighted by Gasteiger charge is -2.24. The molecule has 4 heteroatoms. The van der Waals surface area contributed by atoms with Gasteiger partial charge in [0.2, 0.25) is 0 Å². The highest BCUT2D eigenvalue weighted by atomic mass is 16.6. The van der Waals surface area contributed by atoms with E-state index in [1.807, 2.05) is 20.8 Å². The van der Waals surface area contributed by atoms with Crippen LogP contribution >= 0.6 is 0 Å². The highest BCUT2D eigenvalue weighted by Crippen LogP contribution is 2.19. The fraction of sp³-hybridized carbons (Fsp3) is 0.647. The Bertz CT molecular complexity index is 365. The van der Waals surface area contributed by atoms with Crippen LogP contribution in [0.5, 0.6) is 0 Å². The lowest BCUT2D eigenvalue weighted by Crippen LogP contribution is -2.27. The zero-order valence-corrected chi connectivity index (χ0v) is 14.2. The number of carbonyl (C=O) groups excluding carboxylic acids is 1. The molecule has 0 spiro atoms. The molecule has 0 aromatic carbocycles. The van der Waals surface area contributed by atoms with E-state index in [-0.39, 0.29) is 18.3 Å². The second-order valence-electron chi connectivity index (χ2n) is 5.92. The predicted molar refractivity (Wildman–Crippen MR) is 86.1 cm³/mol. The number of hydrogen-bond acceptors (Lipinski definition) is 3. The third kappa shape index (κ3) is 16.4. The maximum atomic E-state index is 10.8. The highest BCUT2D eigenvalue weighted by Gasteiger charge is 2.22. The van der Waals surface area contributed by atoms with E-state index in [1.54, 1.807) is 6.08 Å². The second-order valence-corrected chi connectivity index (χ2v) is 5.92. The van der Waals surface area contributed by atoms with E-state index in [0.29, 0.717) is 0 Å². The molecule has 0 amide bonds. The molecule has 0 aliphatic rings. The Hall–Kier alpha value is -1.58. The smallest absolute Gasteiger partial charge is 0.303 e. The topological polar surface area (TPSA) is 63.6 Å². The first kappa shape index (κ1) is 21.7. The molecule has 0 aromatic heterocycles. The fourth-order valence-corrected chi connectivity index (χ4v) is 1.52. The van der Waals surface area contributed by atoms with E-state index in [1.165, 1.54) is 12.5 Å². The monoisotopic (exact) mass is 298 g/mol. The maximum absolute atomic E-state index is 10.8. The molecular formula is C17H30O4. The Morgan fingerprint density at radius 3 is 2.05 bits per heavy atom. The predicted octanol–water partition coefficient (Wildman–Crippen LogP) is 4.36. The summed E-state index contributed by atoms with van der Waals surface area (Å²) in [5, 5.41) is 8.08. The van der Waals surface area contributed by atoms with Crippen LogP contribution < -0.4 is 0 Å². The van der Waals surface area contributed by atoms with Crippen molar-refractivity contribution in [2.75, 3.05) is 0 Å². The summed E-state index contributed by atoms with van der Waals surface area (Å²) >= 11 is 0.